The maximum absolute atomic E-state index is 12.7. The van der Waals surface area contributed by atoms with Gasteiger partial charge in [0.1, 0.15) is 0 Å². The number of hydroxylamine groups is 2. The molecule has 10 heteroatoms. The van der Waals surface area contributed by atoms with Crippen molar-refractivity contribution >= 4 is 32.7 Å². The van der Waals surface area contributed by atoms with Crippen LogP contribution in [0.3, 0.4) is 0 Å². The van der Waals surface area contributed by atoms with Crippen LogP contribution in [0.2, 0.25) is 0 Å². The van der Waals surface area contributed by atoms with Crippen LogP contribution in [0.15, 0.2) is 30.3 Å². The van der Waals surface area contributed by atoms with Gasteiger partial charge in [-0.05, 0) is 30.0 Å². The van der Waals surface area contributed by atoms with Crippen LogP contribution >= 0.6 is 0 Å². The first-order valence-corrected chi connectivity index (χ1v) is 9.93. The molecule has 29 heavy (non-hydrogen) atoms. The van der Waals surface area contributed by atoms with Gasteiger partial charge < -0.3 is 0 Å². The highest BCUT2D eigenvalue weighted by molar-refractivity contribution is 7.87. The van der Waals surface area contributed by atoms with Gasteiger partial charge in [0.05, 0.1) is 11.1 Å². The van der Waals surface area contributed by atoms with E-state index in [1.165, 1.54) is 18.2 Å². The molecule has 1 aliphatic heterocycles. The van der Waals surface area contributed by atoms with Crippen molar-refractivity contribution in [1.82, 2.24) is 5.06 Å². The molecule has 0 atom stereocenters. The van der Waals surface area contributed by atoms with Crippen LogP contribution < -0.4 is 0 Å². The van der Waals surface area contributed by atoms with Gasteiger partial charge in [0.25, 0.3) is 11.8 Å². The summed E-state index contributed by atoms with van der Waals surface area (Å²) >= 11 is 0. The Morgan fingerprint density at radius 3 is 2.45 bits per heavy atom. The van der Waals surface area contributed by atoms with E-state index in [9.17, 15) is 31.2 Å². The molecule has 2 aromatic carbocycles. The van der Waals surface area contributed by atoms with E-state index >= 15 is 0 Å². The quantitative estimate of drug-likeness (QED) is 0.323. The maximum atomic E-state index is 12.7. The summed E-state index contributed by atoms with van der Waals surface area (Å²) < 4.78 is 64.5. The molecule has 0 unspecified atom stereocenters. The minimum atomic E-state index is -6.21. The van der Waals surface area contributed by atoms with Crippen LogP contribution in [-0.4, -0.2) is 30.8 Å². The lowest BCUT2D eigenvalue weighted by atomic mass is 9.93. The summed E-state index contributed by atoms with van der Waals surface area (Å²) in [7, 11) is -6.21. The third-order valence-electron chi connectivity index (χ3n) is 4.15. The van der Waals surface area contributed by atoms with E-state index in [1.807, 2.05) is 6.92 Å². The second kappa shape index (κ2) is 7.50. The number of alkyl halides is 3. The highest BCUT2D eigenvalue weighted by atomic mass is 32.2. The van der Waals surface area contributed by atoms with Crippen molar-refractivity contribution in [2.24, 2.45) is 0 Å². The molecule has 0 N–H and O–H groups in total. The lowest BCUT2D eigenvalue weighted by Gasteiger charge is -2.25. The third kappa shape index (κ3) is 3.83. The summed E-state index contributed by atoms with van der Waals surface area (Å²) in [5.74, 6) is 3.17. The number of rotatable bonds is 4. The van der Waals surface area contributed by atoms with Gasteiger partial charge >= 0.3 is 15.6 Å². The van der Waals surface area contributed by atoms with Crippen molar-refractivity contribution in [3.63, 3.8) is 0 Å². The lowest BCUT2D eigenvalue weighted by Crippen LogP contribution is -2.44. The SMILES string of the molecule is CCCCC#Cc1cc2c3c(cccc3c1)C(=O)N(OS(=O)(=O)C(F)(F)F)C2=O. The van der Waals surface area contributed by atoms with Gasteiger partial charge in [-0.1, -0.05) is 37.3 Å². The summed E-state index contributed by atoms with van der Waals surface area (Å²) in [6, 6.07) is 7.29. The van der Waals surface area contributed by atoms with Crippen LogP contribution in [-0.2, 0) is 14.4 Å². The van der Waals surface area contributed by atoms with Crippen molar-refractivity contribution in [1.29, 1.82) is 0 Å². The molecule has 0 aliphatic carbocycles. The number of hydrogen-bond donors (Lipinski definition) is 0. The van der Waals surface area contributed by atoms with Crippen molar-refractivity contribution in [3.05, 3.63) is 47.0 Å². The highest BCUT2D eigenvalue weighted by Gasteiger charge is 2.51. The van der Waals surface area contributed by atoms with Crippen molar-refractivity contribution in [2.45, 2.75) is 31.7 Å². The van der Waals surface area contributed by atoms with Crippen LogP contribution in [0.4, 0.5) is 13.2 Å². The number of halogens is 3. The Morgan fingerprint density at radius 1 is 1.10 bits per heavy atom. The van der Waals surface area contributed by atoms with E-state index in [2.05, 4.69) is 16.1 Å². The number of benzene rings is 2. The molecule has 0 fully saturated rings. The molecule has 1 heterocycles. The zero-order valence-corrected chi connectivity index (χ0v) is 15.9. The summed E-state index contributed by atoms with van der Waals surface area (Å²) in [6.07, 6.45) is 2.44. The Hall–Kier alpha value is -2.90. The molecule has 152 valence electrons. The summed E-state index contributed by atoms with van der Waals surface area (Å²) in [5, 5.41) is 0.291. The summed E-state index contributed by atoms with van der Waals surface area (Å²) in [5.41, 5.74) is -5.72. The average Bonchev–Trinajstić information content (AvgIpc) is 2.65. The Balaban J connectivity index is 2.11. The first-order valence-electron chi connectivity index (χ1n) is 8.52. The summed E-state index contributed by atoms with van der Waals surface area (Å²) in [4.78, 5) is 25.1. The predicted molar refractivity (Wildman–Crippen MR) is 96.9 cm³/mol. The molecule has 2 amide bonds. The minimum Gasteiger partial charge on any atom is -0.266 e. The predicted octanol–water partition coefficient (Wildman–Crippen LogP) is 3.76. The number of carbonyl (C=O) groups is 2. The Kier molecular flexibility index (Phi) is 5.38. The van der Waals surface area contributed by atoms with Crippen LogP contribution in [0.5, 0.6) is 0 Å². The number of amides is 2. The van der Waals surface area contributed by atoms with Crippen molar-refractivity contribution in [3.8, 4) is 11.8 Å². The minimum absolute atomic E-state index is 0.153. The number of carbonyl (C=O) groups excluding carboxylic acids is 2. The number of nitrogens with zero attached hydrogens (tertiary/aromatic N) is 1. The average molecular weight is 425 g/mol. The maximum Gasteiger partial charge on any atom is 0.525 e. The van der Waals surface area contributed by atoms with E-state index in [1.54, 1.807) is 12.1 Å². The first-order chi connectivity index (χ1) is 13.6. The smallest absolute Gasteiger partial charge is 0.266 e. The van der Waals surface area contributed by atoms with Gasteiger partial charge in [0.2, 0.25) is 0 Å². The van der Waals surface area contributed by atoms with Crippen LogP contribution in [0, 0.1) is 11.8 Å². The molecule has 1 aliphatic rings. The normalized spacial score (nSPS) is 14.1. The fraction of sp³-hybridized carbons (Fsp3) is 0.263. The van der Waals surface area contributed by atoms with Gasteiger partial charge in [0, 0.05) is 17.4 Å². The fourth-order valence-electron chi connectivity index (χ4n) is 2.80. The molecule has 0 radical (unpaired) electrons. The molecule has 6 nitrogen and oxygen atoms in total. The van der Waals surface area contributed by atoms with Crippen molar-refractivity contribution in [2.75, 3.05) is 0 Å². The molecule has 2 aromatic rings. The number of unbranched alkanes of at least 4 members (excludes halogenated alkanes) is 2. The number of imide groups is 1. The molecular weight excluding hydrogens is 411 g/mol. The van der Waals surface area contributed by atoms with Gasteiger partial charge in [-0.15, -0.1) is 9.35 Å². The Bertz CT molecular complexity index is 1180. The van der Waals surface area contributed by atoms with E-state index in [0.717, 1.165) is 12.8 Å². The Morgan fingerprint density at radius 2 is 1.79 bits per heavy atom. The molecule has 0 bridgehead atoms. The zero-order valence-electron chi connectivity index (χ0n) is 15.0. The van der Waals surface area contributed by atoms with Crippen LogP contribution in [0.1, 0.15) is 52.5 Å². The zero-order chi connectivity index (χ0) is 21.4. The first kappa shape index (κ1) is 20.8. The van der Waals surface area contributed by atoms with E-state index in [-0.39, 0.29) is 21.6 Å². The molecule has 0 saturated heterocycles. The molecule has 3 rings (SSSR count). The number of hydrogen-bond acceptors (Lipinski definition) is 5. The Labute approximate surface area is 164 Å². The van der Waals surface area contributed by atoms with Gasteiger partial charge in [-0.25, -0.2) is 0 Å². The molecule has 0 aromatic heterocycles. The monoisotopic (exact) mass is 425 g/mol. The molecule has 0 spiro atoms. The lowest BCUT2D eigenvalue weighted by molar-refractivity contribution is -0.0761. The molecular formula is C19H14F3NO5S. The van der Waals surface area contributed by atoms with Gasteiger partial charge in [-0.2, -0.15) is 21.6 Å². The van der Waals surface area contributed by atoms with Gasteiger partial charge in [-0.3, -0.25) is 9.59 Å². The second-order valence-corrected chi connectivity index (χ2v) is 7.73. The van der Waals surface area contributed by atoms with Gasteiger partial charge in [0.15, 0.2) is 0 Å². The third-order valence-corrected chi connectivity index (χ3v) is 5.06. The van der Waals surface area contributed by atoms with Crippen molar-refractivity contribution < 1.29 is 35.5 Å². The van der Waals surface area contributed by atoms with Crippen LogP contribution in [0.25, 0.3) is 10.8 Å². The standard InChI is InChI=1S/C19H14F3NO5S/c1-2-3-4-5-7-12-10-13-8-6-9-14-16(13)15(11-12)18(25)23(17(14)24)28-29(26,27)19(20,21)22/h6,8-11H,2-4H2,1H3. The highest BCUT2D eigenvalue weighted by Crippen LogP contribution is 2.33. The van der Waals surface area contributed by atoms with E-state index in [0.29, 0.717) is 17.4 Å². The van der Waals surface area contributed by atoms with E-state index in [4.69, 9.17) is 0 Å². The second-order valence-electron chi connectivity index (χ2n) is 6.21. The topological polar surface area (TPSA) is 80.8 Å². The largest absolute Gasteiger partial charge is 0.525 e. The fourth-order valence-corrected chi connectivity index (χ4v) is 3.21. The van der Waals surface area contributed by atoms with E-state index < -0.39 is 27.4 Å². The molecule has 0 saturated carbocycles. The summed E-state index contributed by atoms with van der Waals surface area (Å²) in [6.45, 7) is 2.00.